The van der Waals surface area contributed by atoms with Gasteiger partial charge in [0.2, 0.25) is 0 Å². The average molecular weight is 533 g/mol. The van der Waals surface area contributed by atoms with E-state index in [9.17, 15) is 8.42 Å². The molecule has 37 heavy (non-hydrogen) atoms. The highest BCUT2D eigenvalue weighted by molar-refractivity contribution is 7.86. The van der Waals surface area contributed by atoms with E-state index in [4.69, 9.17) is 8.92 Å². The molecule has 1 aromatic rings. The van der Waals surface area contributed by atoms with Crippen molar-refractivity contribution >= 4 is 10.1 Å². The summed E-state index contributed by atoms with van der Waals surface area (Å²) in [5, 5.41) is 0. The minimum atomic E-state index is -3.71. The van der Waals surface area contributed by atoms with Crippen LogP contribution in [0.15, 0.2) is 53.5 Å². The van der Waals surface area contributed by atoms with Crippen molar-refractivity contribution in [3.8, 4) is 0 Å². The van der Waals surface area contributed by atoms with Crippen molar-refractivity contribution in [1.82, 2.24) is 0 Å². The van der Waals surface area contributed by atoms with E-state index in [-0.39, 0.29) is 23.7 Å². The van der Waals surface area contributed by atoms with Crippen molar-refractivity contribution in [2.24, 2.45) is 0 Å². The van der Waals surface area contributed by atoms with Crippen LogP contribution >= 0.6 is 0 Å². The lowest BCUT2D eigenvalue weighted by atomic mass is 10.0. The van der Waals surface area contributed by atoms with Gasteiger partial charge in [0, 0.05) is 0 Å². The van der Waals surface area contributed by atoms with Gasteiger partial charge in [0.25, 0.3) is 10.1 Å². The summed E-state index contributed by atoms with van der Waals surface area (Å²) in [7, 11) is -3.71. The standard InChI is InChI=1S/C32H52O4S/c1-3-4-5-6-7-8-9-10-11-12-13-14-15-16-17-18-19-20-21-22-23-31-32(36-31)28-35-37(33,34)30-26-24-29(2)25-27-30/h16-17,20-21,24-27,31-32H,3-15,18-19,22-23,28H2,1-2H3/b17-16+,21-20+/t31-,32-/m0/s1. The molecule has 0 amide bonds. The van der Waals surface area contributed by atoms with E-state index >= 15 is 0 Å². The van der Waals surface area contributed by atoms with Crippen molar-refractivity contribution < 1.29 is 17.3 Å². The number of benzene rings is 1. The molecule has 1 aromatic carbocycles. The predicted octanol–water partition coefficient (Wildman–Crippen LogP) is 9.23. The Morgan fingerprint density at radius 3 is 1.81 bits per heavy atom. The fraction of sp³-hybridized carbons (Fsp3) is 0.688. The minimum Gasteiger partial charge on any atom is -0.367 e. The zero-order valence-corrected chi connectivity index (χ0v) is 24.4. The Morgan fingerprint density at radius 2 is 1.22 bits per heavy atom. The largest absolute Gasteiger partial charge is 0.367 e. The first-order chi connectivity index (χ1) is 18.0. The van der Waals surface area contributed by atoms with Gasteiger partial charge in [-0.3, -0.25) is 4.18 Å². The molecule has 1 saturated heterocycles. The van der Waals surface area contributed by atoms with Crippen LogP contribution in [0.4, 0.5) is 0 Å². The van der Waals surface area contributed by atoms with Crippen LogP contribution in [-0.4, -0.2) is 27.2 Å². The first-order valence-corrected chi connectivity index (χ1v) is 16.4. The molecule has 0 radical (unpaired) electrons. The molecule has 0 N–H and O–H groups in total. The molecular weight excluding hydrogens is 480 g/mol. The number of hydrogen-bond donors (Lipinski definition) is 0. The number of aryl methyl sites for hydroxylation is 1. The second-order valence-corrected chi connectivity index (χ2v) is 12.2. The first kappa shape index (κ1) is 31.8. The van der Waals surface area contributed by atoms with E-state index in [2.05, 4.69) is 31.2 Å². The van der Waals surface area contributed by atoms with Gasteiger partial charge < -0.3 is 4.74 Å². The lowest BCUT2D eigenvalue weighted by Crippen LogP contribution is -2.12. The van der Waals surface area contributed by atoms with Gasteiger partial charge in [-0.05, 0) is 57.6 Å². The number of hydrogen-bond acceptors (Lipinski definition) is 4. The van der Waals surface area contributed by atoms with Gasteiger partial charge in [0.1, 0.15) is 6.10 Å². The number of ether oxygens (including phenoxy) is 1. The molecule has 4 nitrogen and oxygen atoms in total. The summed E-state index contributed by atoms with van der Waals surface area (Å²) in [6.07, 6.45) is 31.2. The van der Waals surface area contributed by atoms with Crippen molar-refractivity contribution in [2.75, 3.05) is 6.61 Å². The normalized spacial score (nSPS) is 17.8. The fourth-order valence-corrected chi connectivity index (χ4v) is 5.46. The number of allylic oxidation sites excluding steroid dienone is 4. The Kier molecular flexibility index (Phi) is 16.8. The van der Waals surface area contributed by atoms with E-state index in [0.717, 1.165) is 31.2 Å². The lowest BCUT2D eigenvalue weighted by Gasteiger charge is -2.04. The third-order valence-electron chi connectivity index (χ3n) is 7.06. The second kappa shape index (κ2) is 19.6. The van der Waals surface area contributed by atoms with Gasteiger partial charge in [-0.15, -0.1) is 0 Å². The second-order valence-electron chi connectivity index (χ2n) is 10.5. The highest BCUT2D eigenvalue weighted by Gasteiger charge is 2.39. The third-order valence-corrected chi connectivity index (χ3v) is 8.36. The molecule has 1 aliphatic rings. The smallest absolute Gasteiger partial charge is 0.297 e. The van der Waals surface area contributed by atoms with Crippen LogP contribution in [0.25, 0.3) is 0 Å². The topological polar surface area (TPSA) is 55.9 Å². The average Bonchev–Trinajstić information content (AvgIpc) is 3.65. The zero-order chi connectivity index (χ0) is 26.6. The summed E-state index contributed by atoms with van der Waals surface area (Å²) >= 11 is 0. The molecule has 0 bridgehead atoms. The maximum absolute atomic E-state index is 12.2. The van der Waals surface area contributed by atoms with Gasteiger partial charge in [0.15, 0.2) is 0 Å². The molecular formula is C32H52O4S. The van der Waals surface area contributed by atoms with Crippen LogP contribution in [0.3, 0.4) is 0 Å². The zero-order valence-electron chi connectivity index (χ0n) is 23.5. The maximum Gasteiger partial charge on any atom is 0.297 e. The highest BCUT2D eigenvalue weighted by Crippen LogP contribution is 2.28. The van der Waals surface area contributed by atoms with Crippen LogP contribution in [-0.2, 0) is 19.0 Å². The molecule has 210 valence electrons. The molecule has 0 unspecified atom stereocenters. The Labute approximate surface area is 228 Å². The molecule has 2 atom stereocenters. The van der Waals surface area contributed by atoms with Crippen molar-refractivity contribution in [1.29, 1.82) is 0 Å². The molecule has 1 fully saturated rings. The van der Waals surface area contributed by atoms with Gasteiger partial charge in [-0.25, -0.2) is 0 Å². The van der Waals surface area contributed by atoms with E-state index in [0.29, 0.717) is 0 Å². The summed E-state index contributed by atoms with van der Waals surface area (Å²) in [5.41, 5.74) is 1.02. The molecule has 0 aliphatic carbocycles. The highest BCUT2D eigenvalue weighted by atomic mass is 32.2. The number of epoxide rings is 1. The molecule has 2 rings (SSSR count). The Bertz CT molecular complexity index is 857. The first-order valence-electron chi connectivity index (χ1n) is 14.9. The van der Waals surface area contributed by atoms with Gasteiger partial charge in [-0.1, -0.05) is 120 Å². The van der Waals surface area contributed by atoms with Crippen LogP contribution in [0, 0.1) is 6.92 Å². The summed E-state index contributed by atoms with van der Waals surface area (Å²) in [4.78, 5) is 0.196. The number of unbranched alkanes of at least 4 members (excludes halogenated alkanes) is 13. The molecule has 1 heterocycles. The summed E-state index contributed by atoms with van der Waals surface area (Å²) in [6, 6.07) is 6.70. The number of rotatable bonds is 23. The molecule has 0 aromatic heterocycles. The van der Waals surface area contributed by atoms with Crippen molar-refractivity contribution in [2.45, 2.75) is 140 Å². The van der Waals surface area contributed by atoms with E-state index in [1.54, 1.807) is 24.3 Å². The monoisotopic (exact) mass is 532 g/mol. The molecule has 5 heteroatoms. The Morgan fingerprint density at radius 1 is 0.703 bits per heavy atom. The van der Waals surface area contributed by atoms with Crippen molar-refractivity contribution in [3.63, 3.8) is 0 Å². The summed E-state index contributed by atoms with van der Waals surface area (Å²) in [5.74, 6) is 0. The van der Waals surface area contributed by atoms with Crippen molar-refractivity contribution in [3.05, 3.63) is 54.1 Å². The van der Waals surface area contributed by atoms with E-state index in [1.807, 2.05) is 6.92 Å². The van der Waals surface area contributed by atoms with Crippen LogP contribution in [0.2, 0.25) is 0 Å². The van der Waals surface area contributed by atoms with Gasteiger partial charge >= 0.3 is 0 Å². The molecule has 0 saturated carbocycles. The minimum absolute atomic E-state index is 0.0918. The van der Waals surface area contributed by atoms with Crippen LogP contribution in [0.1, 0.15) is 122 Å². The molecule has 0 spiro atoms. The SMILES string of the molecule is CCCCCCCCCCCCCC/C=C/CC/C=C/CC[C@@H]1O[C@H]1COS(=O)(=O)c1ccc(C)cc1. The Balaban J connectivity index is 1.35. The quantitative estimate of drug-likeness (QED) is 0.0610. The third kappa shape index (κ3) is 15.5. The summed E-state index contributed by atoms with van der Waals surface area (Å²) < 4.78 is 35.2. The van der Waals surface area contributed by atoms with Gasteiger partial charge in [-0.2, -0.15) is 8.42 Å². The fourth-order valence-electron chi connectivity index (χ4n) is 4.54. The van der Waals surface area contributed by atoms with Gasteiger partial charge in [0.05, 0.1) is 17.6 Å². The van der Waals surface area contributed by atoms with E-state index in [1.165, 1.54) is 83.5 Å². The summed E-state index contributed by atoms with van der Waals surface area (Å²) in [6.45, 7) is 4.30. The van der Waals surface area contributed by atoms with E-state index < -0.39 is 10.1 Å². The Hall–Kier alpha value is -1.43. The van der Waals surface area contributed by atoms with Crippen LogP contribution < -0.4 is 0 Å². The van der Waals surface area contributed by atoms with Crippen LogP contribution in [0.5, 0.6) is 0 Å². The molecule has 1 aliphatic heterocycles. The maximum atomic E-state index is 12.2. The predicted molar refractivity (Wildman–Crippen MR) is 155 cm³/mol. The lowest BCUT2D eigenvalue weighted by molar-refractivity contribution is 0.263.